The number of rotatable bonds is 1. The van der Waals surface area contributed by atoms with Gasteiger partial charge in [-0.15, -0.1) is 0 Å². The number of nitrogens with two attached hydrogens (primary N) is 1. The Hall–Kier alpha value is -2.66. The summed E-state index contributed by atoms with van der Waals surface area (Å²) < 4.78 is 0. The van der Waals surface area contributed by atoms with Crippen molar-refractivity contribution in [2.75, 3.05) is 0 Å². The molecule has 1 heterocycles. The molecule has 2 amide bonds. The SMILES string of the molecule is NCc1ccccc1.O=C1N=c2ccccc2=NC1=O. The Morgan fingerprint density at radius 2 is 1.20 bits per heavy atom. The Morgan fingerprint density at radius 1 is 0.750 bits per heavy atom. The van der Waals surface area contributed by atoms with E-state index in [9.17, 15) is 9.59 Å². The van der Waals surface area contributed by atoms with Crippen LogP contribution < -0.4 is 16.4 Å². The predicted molar refractivity (Wildman–Crippen MR) is 73.1 cm³/mol. The van der Waals surface area contributed by atoms with Gasteiger partial charge in [0.1, 0.15) is 0 Å². The van der Waals surface area contributed by atoms with Gasteiger partial charge in [-0.25, -0.2) is 9.98 Å². The van der Waals surface area contributed by atoms with Crippen LogP contribution in [-0.2, 0) is 16.1 Å². The lowest BCUT2D eigenvalue weighted by Crippen LogP contribution is -2.33. The van der Waals surface area contributed by atoms with E-state index in [2.05, 4.69) is 9.98 Å². The number of amides is 2. The number of fused-ring (bicyclic) bond motifs is 1. The van der Waals surface area contributed by atoms with Crippen LogP contribution in [0, 0.1) is 0 Å². The van der Waals surface area contributed by atoms with Gasteiger partial charge in [0.2, 0.25) is 0 Å². The van der Waals surface area contributed by atoms with Gasteiger partial charge in [-0.2, -0.15) is 0 Å². The summed E-state index contributed by atoms with van der Waals surface area (Å²) in [5.41, 5.74) is 6.54. The second-order valence-electron chi connectivity index (χ2n) is 4.01. The normalized spacial score (nSPS) is 12.4. The molecule has 1 aliphatic rings. The molecule has 2 N–H and O–H groups in total. The quantitative estimate of drug-likeness (QED) is 0.746. The number of para-hydroxylation sites is 2. The summed E-state index contributed by atoms with van der Waals surface area (Å²) >= 11 is 0. The van der Waals surface area contributed by atoms with Crippen LogP contribution in [0.25, 0.3) is 0 Å². The van der Waals surface area contributed by atoms with Crippen molar-refractivity contribution in [2.45, 2.75) is 6.54 Å². The molecule has 0 atom stereocenters. The molecule has 5 heteroatoms. The number of carbonyl (C=O) groups excluding carboxylic acids is 2. The maximum atomic E-state index is 10.7. The number of benzene rings is 2. The summed E-state index contributed by atoms with van der Waals surface area (Å²) in [6.07, 6.45) is 0. The molecule has 0 aromatic heterocycles. The van der Waals surface area contributed by atoms with Crippen molar-refractivity contribution in [1.29, 1.82) is 0 Å². The van der Waals surface area contributed by atoms with Crippen molar-refractivity contribution in [1.82, 2.24) is 0 Å². The second kappa shape index (κ2) is 6.49. The van der Waals surface area contributed by atoms with Crippen molar-refractivity contribution in [3.05, 3.63) is 70.9 Å². The lowest BCUT2D eigenvalue weighted by molar-refractivity contribution is -0.135. The molecule has 0 spiro atoms. The lowest BCUT2D eigenvalue weighted by Gasteiger charge is -1.94. The first-order valence-corrected chi connectivity index (χ1v) is 6.05. The maximum Gasteiger partial charge on any atom is 0.338 e. The topological polar surface area (TPSA) is 84.9 Å². The Kier molecular flexibility index (Phi) is 4.47. The summed E-state index contributed by atoms with van der Waals surface area (Å²) in [6, 6.07) is 16.7. The minimum Gasteiger partial charge on any atom is -0.326 e. The van der Waals surface area contributed by atoms with E-state index in [1.807, 2.05) is 30.3 Å². The summed E-state index contributed by atoms with van der Waals surface area (Å²) in [5, 5.41) is 0.921. The van der Waals surface area contributed by atoms with Crippen molar-refractivity contribution >= 4 is 11.8 Å². The summed E-state index contributed by atoms with van der Waals surface area (Å²) in [6.45, 7) is 0.640. The van der Waals surface area contributed by atoms with Gasteiger partial charge < -0.3 is 5.73 Å². The van der Waals surface area contributed by atoms with Gasteiger partial charge in [0.05, 0.1) is 10.7 Å². The van der Waals surface area contributed by atoms with E-state index in [-0.39, 0.29) is 0 Å². The third-order valence-corrected chi connectivity index (χ3v) is 2.59. The molecule has 0 bridgehead atoms. The molecule has 0 fully saturated rings. The Balaban J connectivity index is 0.000000160. The van der Waals surface area contributed by atoms with Crippen molar-refractivity contribution in [3.63, 3.8) is 0 Å². The highest BCUT2D eigenvalue weighted by Gasteiger charge is 2.13. The Morgan fingerprint density at radius 3 is 1.60 bits per heavy atom. The molecule has 100 valence electrons. The molecular formula is C15H13N3O2. The van der Waals surface area contributed by atoms with E-state index >= 15 is 0 Å². The Labute approximate surface area is 115 Å². The lowest BCUT2D eigenvalue weighted by atomic mass is 10.2. The molecule has 3 rings (SSSR count). The van der Waals surface area contributed by atoms with Gasteiger partial charge >= 0.3 is 11.8 Å². The first kappa shape index (κ1) is 13.8. The zero-order valence-corrected chi connectivity index (χ0v) is 10.7. The van der Waals surface area contributed by atoms with E-state index in [1.54, 1.807) is 24.3 Å². The van der Waals surface area contributed by atoms with Gasteiger partial charge in [0.25, 0.3) is 0 Å². The van der Waals surface area contributed by atoms with Crippen molar-refractivity contribution in [2.24, 2.45) is 15.7 Å². The minimum atomic E-state index is -0.797. The van der Waals surface area contributed by atoms with E-state index in [1.165, 1.54) is 5.56 Å². The van der Waals surface area contributed by atoms with Crippen molar-refractivity contribution in [3.8, 4) is 0 Å². The van der Waals surface area contributed by atoms with Gasteiger partial charge in [0.15, 0.2) is 0 Å². The molecule has 1 aliphatic heterocycles. The number of nitrogens with zero attached hydrogens (tertiary/aromatic N) is 2. The zero-order valence-electron chi connectivity index (χ0n) is 10.7. The average molecular weight is 267 g/mol. The smallest absolute Gasteiger partial charge is 0.326 e. The van der Waals surface area contributed by atoms with Gasteiger partial charge in [-0.3, -0.25) is 9.59 Å². The van der Waals surface area contributed by atoms with Crippen LogP contribution in [0.15, 0.2) is 64.6 Å². The maximum absolute atomic E-state index is 10.7. The van der Waals surface area contributed by atoms with Crippen LogP contribution in [0.2, 0.25) is 0 Å². The summed E-state index contributed by atoms with van der Waals surface area (Å²) in [7, 11) is 0. The van der Waals surface area contributed by atoms with Crippen LogP contribution in [0.3, 0.4) is 0 Å². The number of carbonyl (C=O) groups is 2. The molecule has 0 saturated carbocycles. The summed E-state index contributed by atoms with van der Waals surface area (Å²) in [5.74, 6) is -1.59. The van der Waals surface area contributed by atoms with E-state index in [0.717, 1.165) is 0 Å². The standard InChI is InChI=1S/C8H4N2O2.C7H9N/c11-7-8(12)10-6-4-2-1-3-5(6)9-7;8-6-7-4-2-1-3-5-7/h1-4H;1-5H,6,8H2. The largest absolute Gasteiger partial charge is 0.338 e. The molecule has 5 nitrogen and oxygen atoms in total. The van der Waals surface area contributed by atoms with E-state index in [0.29, 0.717) is 17.3 Å². The fraction of sp³-hybridized carbons (Fsp3) is 0.0667. The molecule has 2 aromatic carbocycles. The molecular weight excluding hydrogens is 254 g/mol. The molecule has 2 aromatic rings. The van der Waals surface area contributed by atoms with Gasteiger partial charge in [-0.1, -0.05) is 42.5 Å². The number of hydrogen-bond acceptors (Lipinski definition) is 3. The highest BCUT2D eigenvalue weighted by Crippen LogP contribution is 1.94. The summed E-state index contributed by atoms with van der Waals surface area (Å²) in [4.78, 5) is 28.6. The molecule has 0 unspecified atom stereocenters. The monoisotopic (exact) mass is 267 g/mol. The number of hydrogen-bond donors (Lipinski definition) is 1. The highest BCUT2D eigenvalue weighted by molar-refractivity contribution is 6.36. The van der Waals surface area contributed by atoms with Crippen LogP contribution >= 0.6 is 0 Å². The van der Waals surface area contributed by atoms with Gasteiger partial charge in [0, 0.05) is 6.54 Å². The van der Waals surface area contributed by atoms with Crippen LogP contribution in [-0.4, -0.2) is 11.8 Å². The van der Waals surface area contributed by atoms with E-state index < -0.39 is 11.8 Å². The predicted octanol–water partition coefficient (Wildman–Crippen LogP) is 0.138. The third kappa shape index (κ3) is 3.43. The molecule has 0 radical (unpaired) electrons. The Bertz CT molecular complexity index is 694. The fourth-order valence-electron chi connectivity index (χ4n) is 1.58. The van der Waals surface area contributed by atoms with Gasteiger partial charge in [-0.05, 0) is 17.7 Å². The second-order valence-corrected chi connectivity index (χ2v) is 4.01. The average Bonchev–Trinajstić information content (AvgIpc) is 2.50. The minimum absolute atomic E-state index is 0.460. The third-order valence-electron chi connectivity index (χ3n) is 2.59. The van der Waals surface area contributed by atoms with Crippen molar-refractivity contribution < 1.29 is 9.59 Å². The zero-order chi connectivity index (χ0) is 14.4. The van der Waals surface area contributed by atoms with Crippen LogP contribution in [0.1, 0.15) is 5.56 Å². The molecule has 0 saturated heterocycles. The first-order valence-electron chi connectivity index (χ1n) is 6.05. The van der Waals surface area contributed by atoms with E-state index in [4.69, 9.17) is 5.73 Å². The fourth-order valence-corrected chi connectivity index (χ4v) is 1.58. The first-order chi connectivity index (χ1) is 9.70. The van der Waals surface area contributed by atoms with Crippen LogP contribution in [0.4, 0.5) is 0 Å². The molecule has 20 heavy (non-hydrogen) atoms. The molecule has 0 aliphatic carbocycles. The highest BCUT2D eigenvalue weighted by atomic mass is 16.2. The van der Waals surface area contributed by atoms with Crippen LogP contribution in [0.5, 0.6) is 0 Å².